The van der Waals surface area contributed by atoms with E-state index in [1.165, 1.54) is 0 Å². The predicted molar refractivity (Wildman–Crippen MR) is 70.5 cm³/mol. The van der Waals surface area contributed by atoms with Gasteiger partial charge in [0.05, 0.1) is 6.61 Å². The van der Waals surface area contributed by atoms with Crippen molar-refractivity contribution in [1.82, 2.24) is 5.32 Å². The molecule has 1 rings (SSSR count). The highest BCUT2D eigenvalue weighted by Crippen LogP contribution is 2.15. The molecule has 0 amide bonds. The van der Waals surface area contributed by atoms with Crippen LogP contribution in [-0.2, 0) is 6.54 Å². The van der Waals surface area contributed by atoms with Gasteiger partial charge in [-0.2, -0.15) is 0 Å². The fourth-order valence-electron chi connectivity index (χ4n) is 1.37. The molecule has 5 heteroatoms. The van der Waals surface area contributed by atoms with Crippen molar-refractivity contribution in [3.05, 3.63) is 23.8 Å². The third-order valence-corrected chi connectivity index (χ3v) is 2.46. The van der Waals surface area contributed by atoms with E-state index in [0.717, 1.165) is 17.7 Å². The molecule has 1 aromatic carbocycles. The lowest BCUT2D eigenvalue weighted by molar-refractivity contribution is 0.238. The molecule has 0 radical (unpaired) electrons. The Hall–Kier alpha value is -0.970. The molecular weight excluding hydrogens is 226 g/mol. The van der Waals surface area contributed by atoms with Crippen LogP contribution in [0.3, 0.4) is 0 Å². The van der Waals surface area contributed by atoms with E-state index in [2.05, 4.69) is 5.32 Å². The zero-order valence-corrected chi connectivity index (χ0v) is 10.3. The van der Waals surface area contributed by atoms with Crippen LogP contribution in [0, 0.1) is 0 Å². The lowest BCUT2D eigenvalue weighted by Gasteiger charge is -2.15. The zero-order valence-electron chi connectivity index (χ0n) is 9.44. The number of aliphatic hydroxyl groups is 1. The number of rotatable bonds is 5. The summed E-state index contributed by atoms with van der Waals surface area (Å²) in [6.45, 7) is 2.80. The molecule has 6 N–H and O–H groups in total. The number of hydrogen-bond donors (Lipinski definition) is 4. The van der Waals surface area contributed by atoms with Gasteiger partial charge in [-0.1, -0.05) is 6.92 Å². The number of anilines is 2. The molecule has 0 bridgehead atoms. The van der Waals surface area contributed by atoms with Gasteiger partial charge in [0.25, 0.3) is 0 Å². The largest absolute Gasteiger partial charge is 0.399 e. The number of aliphatic hydroxyl groups excluding tert-OH is 1. The van der Waals surface area contributed by atoms with Crippen LogP contribution < -0.4 is 16.8 Å². The summed E-state index contributed by atoms with van der Waals surface area (Å²) in [6, 6.07) is 5.55. The van der Waals surface area contributed by atoms with Gasteiger partial charge in [0.15, 0.2) is 0 Å². The van der Waals surface area contributed by atoms with E-state index in [-0.39, 0.29) is 25.1 Å². The summed E-state index contributed by atoms with van der Waals surface area (Å²) in [6.07, 6.45) is 0.888. The third kappa shape index (κ3) is 4.26. The minimum Gasteiger partial charge on any atom is -0.399 e. The van der Waals surface area contributed by atoms with Gasteiger partial charge < -0.3 is 21.9 Å². The van der Waals surface area contributed by atoms with Gasteiger partial charge in [0.1, 0.15) is 0 Å². The fourth-order valence-corrected chi connectivity index (χ4v) is 1.37. The van der Waals surface area contributed by atoms with Gasteiger partial charge in [0.2, 0.25) is 0 Å². The molecule has 0 aliphatic rings. The van der Waals surface area contributed by atoms with Crippen LogP contribution in [0.5, 0.6) is 0 Å². The molecule has 0 saturated carbocycles. The smallest absolute Gasteiger partial charge is 0.0584 e. The fraction of sp³-hybridized carbons (Fsp3) is 0.455. The Kier molecular flexibility index (Phi) is 6.88. The second kappa shape index (κ2) is 7.33. The Bertz CT molecular complexity index is 316. The third-order valence-electron chi connectivity index (χ3n) is 2.46. The van der Waals surface area contributed by atoms with Crippen LogP contribution in [0.25, 0.3) is 0 Å². The van der Waals surface area contributed by atoms with Crippen LogP contribution in [0.1, 0.15) is 18.9 Å². The van der Waals surface area contributed by atoms with Crippen molar-refractivity contribution in [2.24, 2.45) is 0 Å². The molecule has 1 aromatic rings. The molecule has 16 heavy (non-hydrogen) atoms. The lowest BCUT2D eigenvalue weighted by Crippen LogP contribution is -2.31. The standard InChI is InChI=1S/C11H19N3O.ClH/c1-2-10(7-15)14-6-8-5-9(12)3-4-11(8)13;/h3-5,10,14-15H,2,6-7,12-13H2,1H3;1H. The van der Waals surface area contributed by atoms with Crippen LogP contribution in [-0.4, -0.2) is 17.8 Å². The summed E-state index contributed by atoms with van der Waals surface area (Å²) in [5, 5.41) is 12.2. The first-order chi connectivity index (χ1) is 7.17. The van der Waals surface area contributed by atoms with Crippen LogP contribution in [0.15, 0.2) is 18.2 Å². The van der Waals surface area contributed by atoms with Gasteiger partial charge in [-0.05, 0) is 30.2 Å². The highest BCUT2D eigenvalue weighted by atomic mass is 35.5. The van der Waals surface area contributed by atoms with Crippen LogP contribution in [0.4, 0.5) is 11.4 Å². The SMILES string of the molecule is CCC(CO)NCc1cc(N)ccc1N.Cl. The molecule has 92 valence electrons. The Balaban J connectivity index is 0.00000225. The quantitative estimate of drug-likeness (QED) is 0.586. The van der Waals surface area contributed by atoms with Crippen LogP contribution >= 0.6 is 12.4 Å². The van der Waals surface area contributed by atoms with Gasteiger partial charge in [-0.15, -0.1) is 12.4 Å². The molecule has 0 aliphatic carbocycles. The summed E-state index contributed by atoms with van der Waals surface area (Å²) in [7, 11) is 0. The molecule has 0 saturated heterocycles. The van der Waals surface area contributed by atoms with E-state index < -0.39 is 0 Å². The van der Waals surface area contributed by atoms with E-state index in [1.807, 2.05) is 13.0 Å². The van der Waals surface area contributed by atoms with E-state index in [0.29, 0.717) is 12.2 Å². The number of nitrogens with two attached hydrogens (primary N) is 2. The molecule has 1 atom stereocenters. The van der Waals surface area contributed by atoms with Gasteiger partial charge in [0, 0.05) is 24.0 Å². The average molecular weight is 246 g/mol. The van der Waals surface area contributed by atoms with Crippen molar-refractivity contribution in [3.8, 4) is 0 Å². The van der Waals surface area contributed by atoms with Crippen LogP contribution in [0.2, 0.25) is 0 Å². The van der Waals surface area contributed by atoms with Gasteiger partial charge >= 0.3 is 0 Å². The Morgan fingerprint density at radius 1 is 1.38 bits per heavy atom. The van der Waals surface area contributed by atoms with Crippen molar-refractivity contribution < 1.29 is 5.11 Å². The Morgan fingerprint density at radius 3 is 2.62 bits per heavy atom. The summed E-state index contributed by atoms with van der Waals surface area (Å²) >= 11 is 0. The first-order valence-corrected chi connectivity index (χ1v) is 5.15. The van der Waals surface area contributed by atoms with Crippen molar-refractivity contribution in [2.45, 2.75) is 25.9 Å². The number of nitrogen functional groups attached to an aromatic ring is 2. The minimum absolute atomic E-state index is 0. The second-order valence-electron chi connectivity index (χ2n) is 3.63. The Morgan fingerprint density at radius 2 is 2.06 bits per heavy atom. The number of benzene rings is 1. The average Bonchev–Trinajstić information content (AvgIpc) is 2.24. The second-order valence-corrected chi connectivity index (χ2v) is 3.63. The van der Waals surface area contributed by atoms with E-state index in [9.17, 15) is 0 Å². The highest BCUT2D eigenvalue weighted by molar-refractivity contribution is 5.85. The predicted octanol–water partition coefficient (Wildman–Crippen LogP) is 1.13. The first-order valence-electron chi connectivity index (χ1n) is 5.15. The molecule has 4 nitrogen and oxygen atoms in total. The van der Waals surface area contributed by atoms with Gasteiger partial charge in [-0.25, -0.2) is 0 Å². The Labute approximate surface area is 102 Å². The van der Waals surface area contributed by atoms with Gasteiger partial charge in [-0.3, -0.25) is 0 Å². The molecule has 0 heterocycles. The first kappa shape index (κ1) is 15.0. The molecule has 0 fully saturated rings. The van der Waals surface area contributed by atoms with Crippen molar-refractivity contribution >= 4 is 23.8 Å². The van der Waals surface area contributed by atoms with E-state index >= 15 is 0 Å². The van der Waals surface area contributed by atoms with Crippen molar-refractivity contribution in [2.75, 3.05) is 18.1 Å². The molecule has 0 aliphatic heterocycles. The highest BCUT2D eigenvalue weighted by Gasteiger charge is 2.05. The summed E-state index contributed by atoms with van der Waals surface area (Å²) in [5.74, 6) is 0. The summed E-state index contributed by atoms with van der Waals surface area (Å²) in [5.41, 5.74) is 13.9. The maximum Gasteiger partial charge on any atom is 0.0584 e. The molecule has 0 spiro atoms. The molecule has 0 aromatic heterocycles. The molecule has 1 unspecified atom stereocenters. The van der Waals surface area contributed by atoms with Crippen molar-refractivity contribution in [1.29, 1.82) is 0 Å². The number of hydrogen-bond acceptors (Lipinski definition) is 4. The monoisotopic (exact) mass is 245 g/mol. The maximum atomic E-state index is 9.01. The summed E-state index contributed by atoms with van der Waals surface area (Å²) < 4.78 is 0. The maximum absolute atomic E-state index is 9.01. The normalized spacial score (nSPS) is 11.9. The van der Waals surface area contributed by atoms with E-state index in [1.54, 1.807) is 12.1 Å². The zero-order chi connectivity index (χ0) is 11.3. The van der Waals surface area contributed by atoms with Crippen molar-refractivity contribution in [3.63, 3.8) is 0 Å². The molecular formula is C11H20ClN3O. The number of nitrogens with one attached hydrogen (secondary N) is 1. The lowest BCUT2D eigenvalue weighted by atomic mass is 10.1. The number of halogens is 1. The topological polar surface area (TPSA) is 84.3 Å². The minimum atomic E-state index is 0. The summed E-state index contributed by atoms with van der Waals surface area (Å²) in [4.78, 5) is 0. The van der Waals surface area contributed by atoms with E-state index in [4.69, 9.17) is 16.6 Å².